The first-order chi connectivity index (χ1) is 20.3. The third kappa shape index (κ3) is 6.62. The quantitative estimate of drug-likeness (QED) is 0.255. The third-order valence-electron chi connectivity index (χ3n) is 7.03. The molecular weight excluding hydrogens is 551 g/mol. The maximum atomic E-state index is 13.0. The van der Waals surface area contributed by atoms with Gasteiger partial charge in [0.1, 0.15) is 24.0 Å². The largest absolute Gasteiger partial charge is 0.491 e. The molecule has 1 N–H and O–H groups in total. The Bertz CT molecular complexity index is 1630. The van der Waals surface area contributed by atoms with Crippen LogP contribution in [0.25, 0.3) is 34.0 Å². The fourth-order valence-corrected chi connectivity index (χ4v) is 4.84. The number of nitrogens with zero attached hydrogens (tertiary/aromatic N) is 5. The van der Waals surface area contributed by atoms with Crippen molar-refractivity contribution in [1.29, 1.82) is 0 Å². The Kier molecular flexibility index (Phi) is 7.92. The number of benzene rings is 3. The molecule has 3 aromatic carbocycles. The highest BCUT2D eigenvalue weighted by molar-refractivity contribution is 5.77. The smallest absolute Gasteiger partial charge is 0.416 e. The number of aliphatic hydroxyl groups is 1. The first kappa shape index (κ1) is 27.9. The molecule has 0 saturated carbocycles. The van der Waals surface area contributed by atoms with Gasteiger partial charge in [0.2, 0.25) is 5.89 Å². The standard InChI is InChI=1S/C30H28F3N5O4/c31-30(32,33)22-8-4-7-21(15-22)29-35-27(36-42-29)18-38-13-11-37(12-14-38)17-23(39)19-40-24-9-10-26-25(16-24)34-28(41-26)20-5-2-1-3-6-20/h1-10,15-16,23,39H,11-14,17-19H2. The van der Waals surface area contributed by atoms with Gasteiger partial charge in [-0.05, 0) is 42.5 Å². The summed E-state index contributed by atoms with van der Waals surface area (Å²) >= 11 is 0. The average Bonchev–Trinajstić information content (AvgIpc) is 3.64. The number of piperazine rings is 1. The number of rotatable bonds is 9. The minimum absolute atomic E-state index is 0.0530. The van der Waals surface area contributed by atoms with Gasteiger partial charge >= 0.3 is 6.18 Å². The fraction of sp³-hybridized carbons (Fsp3) is 0.300. The van der Waals surface area contributed by atoms with Crippen LogP contribution in [0.15, 0.2) is 81.7 Å². The van der Waals surface area contributed by atoms with E-state index in [1.165, 1.54) is 12.1 Å². The molecule has 2 aromatic heterocycles. The van der Waals surface area contributed by atoms with Crippen LogP contribution in [0.4, 0.5) is 13.2 Å². The summed E-state index contributed by atoms with van der Waals surface area (Å²) < 4.78 is 56.0. The van der Waals surface area contributed by atoms with Crippen molar-refractivity contribution in [3.05, 3.63) is 84.2 Å². The molecule has 1 aliphatic heterocycles. The number of aliphatic hydroxyl groups excluding tert-OH is 1. The van der Waals surface area contributed by atoms with Gasteiger partial charge in [-0.1, -0.05) is 29.4 Å². The van der Waals surface area contributed by atoms with Crippen LogP contribution in [0, 0.1) is 0 Å². The number of β-amino-alcohol motifs (C(OH)–C–C–N with tert-alkyl or cyclic N) is 1. The summed E-state index contributed by atoms with van der Waals surface area (Å²) in [6.45, 7) is 3.89. The summed E-state index contributed by atoms with van der Waals surface area (Å²) in [6, 6.07) is 19.9. The number of aromatic nitrogens is 3. The van der Waals surface area contributed by atoms with Crippen LogP contribution in [-0.2, 0) is 12.7 Å². The molecule has 218 valence electrons. The van der Waals surface area contributed by atoms with E-state index in [1.54, 1.807) is 12.1 Å². The van der Waals surface area contributed by atoms with E-state index in [1.807, 2.05) is 36.4 Å². The minimum Gasteiger partial charge on any atom is -0.491 e. The Balaban J connectivity index is 0.959. The molecule has 6 rings (SSSR count). The number of fused-ring (bicyclic) bond motifs is 1. The molecule has 0 aliphatic carbocycles. The van der Waals surface area contributed by atoms with Crippen LogP contribution in [0.5, 0.6) is 5.75 Å². The number of alkyl halides is 3. The van der Waals surface area contributed by atoms with Gasteiger partial charge in [0.05, 0.1) is 12.1 Å². The zero-order valence-electron chi connectivity index (χ0n) is 22.5. The maximum absolute atomic E-state index is 13.0. The molecule has 12 heteroatoms. The lowest BCUT2D eigenvalue weighted by Crippen LogP contribution is -2.48. The first-order valence-corrected chi connectivity index (χ1v) is 13.5. The molecule has 1 aliphatic rings. The Morgan fingerprint density at radius 2 is 1.62 bits per heavy atom. The van der Waals surface area contributed by atoms with Crippen LogP contribution >= 0.6 is 0 Å². The van der Waals surface area contributed by atoms with Crippen molar-refractivity contribution in [3.63, 3.8) is 0 Å². The predicted octanol–water partition coefficient (Wildman–Crippen LogP) is 5.12. The van der Waals surface area contributed by atoms with Crippen molar-refractivity contribution in [2.75, 3.05) is 39.3 Å². The Labute approximate surface area is 239 Å². The molecule has 1 unspecified atom stereocenters. The molecule has 1 fully saturated rings. The molecular formula is C30H28F3N5O4. The van der Waals surface area contributed by atoms with Crippen molar-refractivity contribution >= 4 is 11.1 Å². The number of hydrogen-bond donors (Lipinski definition) is 1. The zero-order chi connectivity index (χ0) is 29.1. The normalized spacial score (nSPS) is 15.7. The van der Waals surface area contributed by atoms with Gasteiger partial charge in [-0.15, -0.1) is 0 Å². The lowest BCUT2D eigenvalue weighted by atomic mass is 10.1. The molecule has 0 spiro atoms. The van der Waals surface area contributed by atoms with E-state index < -0.39 is 17.8 Å². The van der Waals surface area contributed by atoms with Crippen LogP contribution in [0.3, 0.4) is 0 Å². The third-order valence-corrected chi connectivity index (χ3v) is 7.03. The minimum atomic E-state index is -4.45. The molecule has 0 radical (unpaired) electrons. The van der Waals surface area contributed by atoms with Gasteiger partial charge in [-0.25, -0.2) is 4.98 Å². The van der Waals surface area contributed by atoms with Gasteiger partial charge in [0.15, 0.2) is 11.4 Å². The van der Waals surface area contributed by atoms with Crippen LogP contribution in [0.2, 0.25) is 0 Å². The Morgan fingerprint density at radius 3 is 2.40 bits per heavy atom. The van der Waals surface area contributed by atoms with Crippen molar-refractivity contribution in [1.82, 2.24) is 24.9 Å². The fourth-order valence-electron chi connectivity index (χ4n) is 4.84. The molecule has 0 amide bonds. The highest BCUT2D eigenvalue weighted by atomic mass is 19.4. The highest BCUT2D eigenvalue weighted by Gasteiger charge is 2.31. The van der Waals surface area contributed by atoms with Crippen molar-refractivity contribution in [2.24, 2.45) is 0 Å². The van der Waals surface area contributed by atoms with E-state index in [0.29, 0.717) is 54.7 Å². The van der Waals surface area contributed by atoms with E-state index in [9.17, 15) is 18.3 Å². The lowest BCUT2D eigenvalue weighted by Gasteiger charge is -2.34. The summed E-state index contributed by atoms with van der Waals surface area (Å²) in [5.41, 5.74) is 1.69. The first-order valence-electron chi connectivity index (χ1n) is 13.5. The van der Waals surface area contributed by atoms with E-state index in [2.05, 4.69) is 24.9 Å². The molecule has 3 heterocycles. The summed E-state index contributed by atoms with van der Waals surface area (Å²) in [6.07, 6.45) is -5.13. The van der Waals surface area contributed by atoms with Gasteiger partial charge < -0.3 is 18.8 Å². The number of halogens is 3. The average molecular weight is 580 g/mol. The van der Waals surface area contributed by atoms with Crippen molar-refractivity contribution in [3.8, 4) is 28.7 Å². The molecule has 9 nitrogen and oxygen atoms in total. The van der Waals surface area contributed by atoms with E-state index in [0.717, 1.165) is 30.8 Å². The number of oxazole rings is 1. The van der Waals surface area contributed by atoms with E-state index in [4.69, 9.17) is 13.7 Å². The molecule has 1 saturated heterocycles. The summed E-state index contributed by atoms with van der Waals surface area (Å²) in [7, 11) is 0. The zero-order valence-corrected chi connectivity index (χ0v) is 22.5. The second-order valence-electron chi connectivity index (χ2n) is 10.2. The lowest BCUT2D eigenvalue weighted by molar-refractivity contribution is -0.137. The summed E-state index contributed by atoms with van der Waals surface area (Å²) in [5.74, 6) is 1.60. The second kappa shape index (κ2) is 11.9. The van der Waals surface area contributed by atoms with Crippen LogP contribution in [-0.4, -0.2) is 75.5 Å². The summed E-state index contributed by atoms with van der Waals surface area (Å²) in [4.78, 5) is 13.1. The molecule has 5 aromatic rings. The van der Waals surface area contributed by atoms with Crippen molar-refractivity contribution < 1.29 is 32.0 Å². The van der Waals surface area contributed by atoms with Gasteiger partial charge in [-0.3, -0.25) is 9.80 Å². The molecule has 0 bridgehead atoms. The Morgan fingerprint density at radius 1 is 0.857 bits per heavy atom. The monoisotopic (exact) mass is 579 g/mol. The van der Waals surface area contributed by atoms with E-state index >= 15 is 0 Å². The van der Waals surface area contributed by atoms with Gasteiger partial charge in [-0.2, -0.15) is 18.2 Å². The second-order valence-corrected chi connectivity index (χ2v) is 10.2. The van der Waals surface area contributed by atoms with Crippen LogP contribution < -0.4 is 4.74 Å². The molecule has 1 atom stereocenters. The SMILES string of the molecule is OC(COc1ccc2oc(-c3ccccc3)nc2c1)CN1CCN(Cc2noc(-c3cccc(C(F)(F)F)c3)n2)CC1. The maximum Gasteiger partial charge on any atom is 0.416 e. The van der Waals surface area contributed by atoms with Gasteiger partial charge in [0.25, 0.3) is 5.89 Å². The van der Waals surface area contributed by atoms with Crippen molar-refractivity contribution in [2.45, 2.75) is 18.8 Å². The highest BCUT2D eigenvalue weighted by Crippen LogP contribution is 2.32. The Hall–Kier alpha value is -4.26. The van der Waals surface area contributed by atoms with E-state index in [-0.39, 0.29) is 18.1 Å². The number of hydrogen-bond acceptors (Lipinski definition) is 9. The summed E-state index contributed by atoms with van der Waals surface area (Å²) in [5, 5.41) is 14.5. The van der Waals surface area contributed by atoms with Crippen LogP contribution in [0.1, 0.15) is 11.4 Å². The topological polar surface area (TPSA) is 101 Å². The molecule has 42 heavy (non-hydrogen) atoms. The predicted molar refractivity (Wildman–Crippen MR) is 147 cm³/mol. The number of ether oxygens (including phenoxy) is 1. The van der Waals surface area contributed by atoms with Gasteiger partial charge in [0, 0.05) is 49.9 Å².